The van der Waals surface area contributed by atoms with Gasteiger partial charge in [-0.3, -0.25) is 4.79 Å². The maximum atomic E-state index is 12.5. The van der Waals surface area contributed by atoms with Crippen LogP contribution in [0.3, 0.4) is 0 Å². The Hall–Kier alpha value is -1.67. The Morgan fingerprint density at radius 1 is 1.06 bits per heavy atom. The molecule has 0 unspecified atom stereocenters. The molecule has 1 aliphatic rings. The number of Topliss-reactive ketones (excluding diaryl/α,β-unsaturated/α-hetero) is 1. The number of carbonyl (C=O) groups excluding carboxylic acids is 1. The SMILES string of the molecule is O=C1/C(=C\c2cccs2)CCCc2ccccc21. The Labute approximate surface area is 111 Å². The van der Waals surface area contributed by atoms with Crippen molar-refractivity contribution in [1.29, 1.82) is 0 Å². The molecule has 3 rings (SSSR count). The molecule has 0 saturated heterocycles. The van der Waals surface area contributed by atoms with Crippen LogP contribution in [-0.4, -0.2) is 5.78 Å². The number of fused-ring (bicyclic) bond motifs is 1. The first kappa shape index (κ1) is 11.4. The van der Waals surface area contributed by atoms with Crippen LogP contribution in [0.15, 0.2) is 47.4 Å². The largest absolute Gasteiger partial charge is 0.289 e. The third-order valence-corrected chi connectivity index (χ3v) is 4.12. The van der Waals surface area contributed by atoms with E-state index >= 15 is 0 Å². The van der Waals surface area contributed by atoms with Crippen molar-refractivity contribution in [3.8, 4) is 0 Å². The van der Waals surface area contributed by atoms with Gasteiger partial charge in [0.15, 0.2) is 5.78 Å². The van der Waals surface area contributed by atoms with Crippen LogP contribution >= 0.6 is 11.3 Å². The van der Waals surface area contributed by atoms with E-state index in [1.54, 1.807) is 11.3 Å². The van der Waals surface area contributed by atoms with Crippen LogP contribution in [0, 0.1) is 0 Å². The number of carbonyl (C=O) groups is 1. The van der Waals surface area contributed by atoms with Gasteiger partial charge in [-0.15, -0.1) is 11.3 Å². The third kappa shape index (κ3) is 2.16. The van der Waals surface area contributed by atoms with Crippen molar-refractivity contribution in [2.24, 2.45) is 0 Å². The minimum absolute atomic E-state index is 0.205. The van der Waals surface area contributed by atoms with Crippen LogP contribution in [0.2, 0.25) is 0 Å². The summed E-state index contributed by atoms with van der Waals surface area (Å²) in [5.74, 6) is 0.205. The lowest BCUT2D eigenvalue weighted by Crippen LogP contribution is -2.02. The maximum Gasteiger partial charge on any atom is 0.189 e. The molecular formula is C16H14OS. The number of hydrogen-bond donors (Lipinski definition) is 0. The molecule has 0 radical (unpaired) electrons. The van der Waals surface area contributed by atoms with Gasteiger partial charge in [0.05, 0.1) is 0 Å². The van der Waals surface area contributed by atoms with Gasteiger partial charge >= 0.3 is 0 Å². The molecule has 1 heterocycles. The van der Waals surface area contributed by atoms with Crippen molar-refractivity contribution in [3.63, 3.8) is 0 Å². The molecule has 0 fully saturated rings. The highest BCUT2D eigenvalue weighted by molar-refractivity contribution is 7.10. The summed E-state index contributed by atoms with van der Waals surface area (Å²) in [5.41, 5.74) is 3.03. The van der Waals surface area contributed by atoms with Gasteiger partial charge in [-0.25, -0.2) is 0 Å². The van der Waals surface area contributed by atoms with Gasteiger partial charge in [-0.05, 0) is 42.3 Å². The van der Waals surface area contributed by atoms with Gasteiger partial charge in [-0.1, -0.05) is 30.3 Å². The third-order valence-electron chi connectivity index (χ3n) is 3.31. The highest BCUT2D eigenvalue weighted by atomic mass is 32.1. The molecule has 0 N–H and O–H groups in total. The quantitative estimate of drug-likeness (QED) is 0.546. The van der Waals surface area contributed by atoms with Gasteiger partial charge in [-0.2, -0.15) is 0 Å². The molecule has 1 aliphatic carbocycles. The average Bonchev–Trinajstić information content (AvgIpc) is 2.85. The van der Waals surface area contributed by atoms with Crippen LogP contribution in [0.4, 0.5) is 0 Å². The smallest absolute Gasteiger partial charge is 0.189 e. The minimum Gasteiger partial charge on any atom is -0.289 e. The molecule has 0 aliphatic heterocycles. The molecule has 1 aromatic heterocycles. The molecule has 0 atom stereocenters. The van der Waals surface area contributed by atoms with Gasteiger partial charge in [0.2, 0.25) is 0 Å². The maximum absolute atomic E-state index is 12.5. The van der Waals surface area contributed by atoms with Crippen molar-refractivity contribution in [1.82, 2.24) is 0 Å². The van der Waals surface area contributed by atoms with Crippen molar-refractivity contribution in [2.75, 3.05) is 0 Å². The summed E-state index contributed by atoms with van der Waals surface area (Å²) in [6.45, 7) is 0. The van der Waals surface area contributed by atoms with Crippen LogP contribution in [0.25, 0.3) is 6.08 Å². The fourth-order valence-corrected chi connectivity index (χ4v) is 3.08. The summed E-state index contributed by atoms with van der Waals surface area (Å²) in [5, 5.41) is 2.04. The predicted octanol–water partition coefficient (Wildman–Crippen LogP) is 4.35. The number of thiophene rings is 1. The second kappa shape index (κ2) is 4.91. The summed E-state index contributed by atoms with van der Waals surface area (Å²) < 4.78 is 0. The van der Waals surface area contributed by atoms with Gasteiger partial charge in [0.1, 0.15) is 0 Å². The molecule has 18 heavy (non-hydrogen) atoms. The van der Waals surface area contributed by atoms with E-state index in [-0.39, 0.29) is 5.78 Å². The fraction of sp³-hybridized carbons (Fsp3) is 0.188. The van der Waals surface area contributed by atoms with Gasteiger partial charge < -0.3 is 0 Å². The zero-order chi connectivity index (χ0) is 12.4. The highest BCUT2D eigenvalue weighted by Gasteiger charge is 2.19. The first-order valence-corrected chi connectivity index (χ1v) is 7.09. The summed E-state index contributed by atoms with van der Waals surface area (Å²) in [4.78, 5) is 13.7. The standard InChI is InChI=1S/C16H14OS/c17-16-13(11-14-8-4-10-18-14)7-3-6-12-5-1-2-9-15(12)16/h1-2,4-5,8-11H,3,6-7H2/b13-11-. The average molecular weight is 254 g/mol. The van der Waals surface area contributed by atoms with E-state index in [0.717, 1.165) is 35.3 Å². The molecule has 0 spiro atoms. The van der Waals surface area contributed by atoms with Crippen molar-refractivity contribution >= 4 is 23.2 Å². The van der Waals surface area contributed by atoms with Crippen molar-refractivity contribution in [2.45, 2.75) is 19.3 Å². The van der Waals surface area contributed by atoms with E-state index in [4.69, 9.17) is 0 Å². The second-order valence-electron chi connectivity index (χ2n) is 4.52. The molecule has 1 aromatic carbocycles. The first-order valence-electron chi connectivity index (χ1n) is 6.21. The molecule has 0 bridgehead atoms. The van der Waals surface area contributed by atoms with E-state index < -0.39 is 0 Å². The number of ketones is 1. The monoisotopic (exact) mass is 254 g/mol. The Bertz CT molecular complexity index is 593. The molecule has 2 aromatic rings. The summed E-state index contributed by atoms with van der Waals surface area (Å²) in [6.07, 6.45) is 4.99. The number of hydrogen-bond acceptors (Lipinski definition) is 2. The van der Waals surface area contributed by atoms with Crippen LogP contribution in [0.5, 0.6) is 0 Å². The lowest BCUT2D eigenvalue weighted by molar-refractivity contribution is 0.103. The molecule has 90 valence electrons. The molecule has 0 saturated carbocycles. The zero-order valence-corrected chi connectivity index (χ0v) is 10.9. The van der Waals surface area contributed by atoms with E-state index in [1.807, 2.05) is 29.6 Å². The Kier molecular flexibility index (Phi) is 3.11. The molecule has 0 amide bonds. The van der Waals surface area contributed by atoms with Crippen LogP contribution in [0.1, 0.15) is 33.6 Å². The Balaban J connectivity index is 2.02. The van der Waals surface area contributed by atoms with E-state index in [1.165, 1.54) is 5.56 Å². The van der Waals surface area contributed by atoms with E-state index in [2.05, 4.69) is 18.2 Å². The number of benzene rings is 1. The Morgan fingerprint density at radius 3 is 2.78 bits per heavy atom. The molecule has 1 nitrogen and oxygen atoms in total. The number of aryl methyl sites for hydroxylation is 1. The molecule has 2 heteroatoms. The predicted molar refractivity (Wildman–Crippen MR) is 76.0 cm³/mol. The number of allylic oxidation sites excluding steroid dienone is 1. The van der Waals surface area contributed by atoms with Gasteiger partial charge in [0, 0.05) is 16.0 Å². The molecular weight excluding hydrogens is 240 g/mol. The van der Waals surface area contributed by atoms with Crippen LogP contribution in [-0.2, 0) is 6.42 Å². The minimum atomic E-state index is 0.205. The summed E-state index contributed by atoms with van der Waals surface area (Å²) in [6, 6.07) is 12.1. The fourth-order valence-electron chi connectivity index (χ4n) is 2.40. The normalized spacial score (nSPS) is 17.6. The lowest BCUT2D eigenvalue weighted by atomic mass is 10.00. The van der Waals surface area contributed by atoms with Crippen LogP contribution < -0.4 is 0 Å². The van der Waals surface area contributed by atoms with Crippen molar-refractivity contribution in [3.05, 3.63) is 63.4 Å². The lowest BCUT2D eigenvalue weighted by Gasteiger charge is -2.04. The highest BCUT2D eigenvalue weighted by Crippen LogP contribution is 2.26. The first-order chi connectivity index (χ1) is 8.84. The van der Waals surface area contributed by atoms with Gasteiger partial charge in [0.25, 0.3) is 0 Å². The topological polar surface area (TPSA) is 17.1 Å². The number of rotatable bonds is 1. The zero-order valence-electron chi connectivity index (χ0n) is 10.1. The summed E-state index contributed by atoms with van der Waals surface area (Å²) in [7, 11) is 0. The summed E-state index contributed by atoms with van der Waals surface area (Å²) >= 11 is 1.68. The Morgan fingerprint density at radius 2 is 1.94 bits per heavy atom. The second-order valence-corrected chi connectivity index (χ2v) is 5.50. The van der Waals surface area contributed by atoms with E-state index in [9.17, 15) is 4.79 Å². The van der Waals surface area contributed by atoms with E-state index in [0.29, 0.717) is 0 Å². The van der Waals surface area contributed by atoms with Crippen molar-refractivity contribution < 1.29 is 4.79 Å².